The Bertz CT molecular complexity index is 746. The van der Waals surface area contributed by atoms with Gasteiger partial charge in [0.25, 0.3) is 0 Å². The average molecular weight is 336 g/mol. The SMILES string of the molecule is CCCCCCCCc1ccc2c(c1)CCc1cc(C(=O)O)ccc1-2. The molecular formula is C23H28O2. The van der Waals surface area contributed by atoms with E-state index in [1.54, 1.807) is 6.07 Å². The number of aryl methyl sites for hydroxylation is 3. The summed E-state index contributed by atoms with van der Waals surface area (Å²) < 4.78 is 0. The van der Waals surface area contributed by atoms with Crippen molar-refractivity contribution < 1.29 is 9.90 Å². The third-order valence-electron chi connectivity index (χ3n) is 5.29. The molecule has 3 rings (SSSR count). The second-order valence-corrected chi connectivity index (χ2v) is 7.19. The number of benzene rings is 2. The number of carboxylic acids is 1. The van der Waals surface area contributed by atoms with Crippen LogP contribution in [-0.2, 0) is 19.3 Å². The number of fused-ring (bicyclic) bond motifs is 3. The minimum Gasteiger partial charge on any atom is -0.478 e. The van der Waals surface area contributed by atoms with E-state index in [9.17, 15) is 4.79 Å². The van der Waals surface area contributed by atoms with E-state index >= 15 is 0 Å². The lowest BCUT2D eigenvalue weighted by Gasteiger charge is -2.21. The summed E-state index contributed by atoms with van der Waals surface area (Å²) >= 11 is 0. The standard InChI is InChI=1S/C23H28O2/c1-2-3-4-5-6-7-8-17-9-13-21-18(15-17)10-11-19-16-20(23(24)25)12-14-22(19)21/h9,12-16H,2-8,10-11H2,1H3,(H,24,25). The van der Waals surface area contributed by atoms with Crippen LogP contribution < -0.4 is 0 Å². The molecule has 1 aliphatic carbocycles. The molecule has 1 aliphatic rings. The predicted molar refractivity (Wildman–Crippen MR) is 103 cm³/mol. The summed E-state index contributed by atoms with van der Waals surface area (Å²) in [7, 11) is 0. The van der Waals surface area contributed by atoms with Crippen LogP contribution in [0.3, 0.4) is 0 Å². The molecular weight excluding hydrogens is 308 g/mol. The van der Waals surface area contributed by atoms with Crippen molar-refractivity contribution in [3.8, 4) is 11.1 Å². The number of hydrogen-bond acceptors (Lipinski definition) is 1. The maximum absolute atomic E-state index is 11.2. The highest BCUT2D eigenvalue weighted by molar-refractivity contribution is 5.89. The molecule has 2 aromatic rings. The van der Waals surface area contributed by atoms with Gasteiger partial charge in [0.1, 0.15) is 0 Å². The summed E-state index contributed by atoms with van der Waals surface area (Å²) in [5.41, 5.74) is 6.90. The zero-order chi connectivity index (χ0) is 17.6. The maximum Gasteiger partial charge on any atom is 0.335 e. The molecule has 2 nitrogen and oxygen atoms in total. The molecule has 0 atom stereocenters. The van der Waals surface area contributed by atoms with Crippen molar-refractivity contribution in [1.29, 1.82) is 0 Å². The lowest BCUT2D eigenvalue weighted by Crippen LogP contribution is -2.07. The van der Waals surface area contributed by atoms with Gasteiger partial charge >= 0.3 is 5.97 Å². The fraction of sp³-hybridized carbons (Fsp3) is 0.435. The first kappa shape index (κ1) is 17.7. The Kier molecular flexibility index (Phi) is 5.91. The van der Waals surface area contributed by atoms with Gasteiger partial charge in [0.2, 0.25) is 0 Å². The normalized spacial score (nSPS) is 12.5. The van der Waals surface area contributed by atoms with Crippen LogP contribution in [-0.4, -0.2) is 11.1 Å². The summed E-state index contributed by atoms with van der Waals surface area (Å²) in [5.74, 6) is -0.845. The van der Waals surface area contributed by atoms with Crippen molar-refractivity contribution in [2.45, 2.75) is 64.7 Å². The molecule has 25 heavy (non-hydrogen) atoms. The van der Waals surface area contributed by atoms with Crippen LogP contribution in [0, 0.1) is 0 Å². The van der Waals surface area contributed by atoms with Gasteiger partial charge in [0.15, 0.2) is 0 Å². The number of carboxylic acid groups (broad SMARTS) is 1. The number of unbranched alkanes of at least 4 members (excludes halogenated alkanes) is 5. The topological polar surface area (TPSA) is 37.3 Å². The van der Waals surface area contributed by atoms with Crippen molar-refractivity contribution in [2.75, 3.05) is 0 Å². The molecule has 0 radical (unpaired) electrons. The third kappa shape index (κ3) is 4.31. The molecule has 0 spiro atoms. The van der Waals surface area contributed by atoms with Gasteiger partial charge in [0, 0.05) is 0 Å². The van der Waals surface area contributed by atoms with Crippen LogP contribution in [0.5, 0.6) is 0 Å². The van der Waals surface area contributed by atoms with E-state index in [1.165, 1.54) is 67.2 Å². The van der Waals surface area contributed by atoms with Crippen LogP contribution in [0.4, 0.5) is 0 Å². The van der Waals surface area contributed by atoms with E-state index in [-0.39, 0.29) is 0 Å². The predicted octanol–water partition coefficient (Wildman–Crippen LogP) is 6.05. The first-order chi connectivity index (χ1) is 12.2. The summed E-state index contributed by atoms with van der Waals surface area (Å²) in [4.78, 5) is 11.2. The maximum atomic E-state index is 11.2. The van der Waals surface area contributed by atoms with E-state index < -0.39 is 5.97 Å². The molecule has 0 saturated heterocycles. The van der Waals surface area contributed by atoms with Gasteiger partial charge in [0.05, 0.1) is 5.56 Å². The number of rotatable bonds is 8. The van der Waals surface area contributed by atoms with Crippen molar-refractivity contribution >= 4 is 5.97 Å². The average Bonchev–Trinajstić information content (AvgIpc) is 2.63. The highest BCUT2D eigenvalue weighted by Crippen LogP contribution is 2.34. The second-order valence-electron chi connectivity index (χ2n) is 7.19. The van der Waals surface area contributed by atoms with Gasteiger partial charge in [-0.1, -0.05) is 63.3 Å². The first-order valence-electron chi connectivity index (χ1n) is 9.67. The molecule has 0 amide bonds. The second kappa shape index (κ2) is 8.33. The van der Waals surface area contributed by atoms with Crippen LogP contribution in [0.2, 0.25) is 0 Å². The molecule has 2 aromatic carbocycles. The Morgan fingerprint density at radius 2 is 1.52 bits per heavy atom. The van der Waals surface area contributed by atoms with E-state index in [4.69, 9.17) is 5.11 Å². The monoisotopic (exact) mass is 336 g/mol. The van der Waals surface area contributed by atoms with Crippen molar-refractivity contribution in [3.63, 3.8) is 0 Å². The van der Waals surface area contributed by atoms with E-state index in [0.29, 0.717) is 5.56 Å². The van der Waals surface area contributed by atoms with Crippen LogP contribution in [0.1, 0.15) is 72.5 Å². The third-order valence-corrected chi connectivity index (χ3v) is 5.29. The molecule has 0 fully saturated rings. The van der Waals surface area contributed by atoms with Crippen LogP contribution >= 0.6 is 0 Å². The highest BCUT2D eigenvalue weighted by atomic mass is 16.4. The molecule has 0 aliphatic heterocycles. The Morgan fingerprint density at radius 3 is 2.24 bits per heavy atom. The van der Waals surface area contributed by atoms with Gasteiger partial charge in [-0.05, 0) is 65.6 Å². The lowest BCUT2D eigenvalue weighted by atomic mass is 9.83. The summed E-state index contributed by atoms with van der Waals surface area (Å²) in [5, 5.41) is 9.17. The van der Waals surface area contributed by atoms with Crippen molar-refractivity contribution in [3.05, 3.63) is 58.7 Å². The molecule has 0 unspecified atom stereocenters. The number of carbonyl (C=O) groups is 1. The summed E-state index contributed by atoms with van der Waals surface area (Å²) in [6, 6.07) is 12.4. The summed E-state index contributed by atoms with van der Waals surface area (Å²) in [6.45, 7) is 2.26. The molecule has 132 valence electrons. The fourth-order valence-corrected chi connectivity index (χ4v) is 3.85. The van der Waals surface area contributed by atoms with Gasteiger partial charge in [-0.3, -0.25) is 0 Å². The minimum atomic E-state index is -0.845. The zero-order valence-electron chi connectivity index (χ0n) is 15.2. The molecule has 2 heteroatoms. The quantitative estimate of drug-likeness (QED) is 0.595. The molecule has 0 aromatic heterocycles. The van der Waals surface area contributed by atoms with Crippen LogP contribution in [0.15, 0.2) is 36.4 Å². The van der Waals surface area contributed by atoms with Gasteiger partial charge in [-0.15, -0.1) is 0 Å². The van der Waals surface area contributed by atoms with Gasteiger partial charge < -0.3 is 5.11 Å². The van der Waals surface area contributed by atoms with E-state index in [0.717, 1.165) is 18.4 Å². The summed E-state index contributed by atoms with van der Waals surface area (Å²) in [6.07, 6.45) is 11.1. The van der Waals surface area contributed by atoms with E-state index in [1.807, 2.05) is 12.1 Å². The highest BCUT2D eigenvalue weighted by Gasteiger charge is 2.17. The lowest BCUT2D eigenvalue weighted by molar-refractivity contribution is 0.0697. The zero-order valence-corrected chi connectivity index (χ0v) is 15.2. The van der Waals surface area contributed by atoms with E-state index in [2.05, 4.69) is 25.1 Å². The fourth-order valence-electron chi connectivity index (χ4n) is 3.85. The van der Waals surface area contributed by atoms with Crippen molar-refractivity contribution in [2.24, 2.45) is 0 Å². The Hall–Kier alpha value is -2.09. The number of aromatic carboxylic acids is 1. The Morgan fingerprint density at radius 1 is 0.880 bits per heavy atom. The van der Waals surface area contributed by atoms with Crippen molar-refractivity contribution in [1.82, 2.24) is 0 Å². The molecule has 0 bridgehead atoms. The Labute approximate surface area is 150 Å². The van der Waals surface area contributed by atoms with Gasteiger partial charge in [-0.25, -0.2) is 4.79 Å². The molecule has 1 N–H and O–H groups in total. The van der Waals surface area contributed by atoms with Crippen LogP contribution in [0.25, 0.3) is 11.1 Å². The first-order valence-corrected chi connectivity index (χ1v) is 9.67. The Balaban J connectivity index is 1.67. The minimum absolute atomic E-state index is 0.391. The van der Waals surface area contributed by atoms with Gasteiger partial charge in [-0.2, -0.15) is 0 Å². The molecule has 0 heterocycles. The largest absolute Gasteiger partial charge is 0.478 e. The number of hydrogen-bond donors (Lipinski definition) is 1. The smallest absolute Gasteiger partial charge is 0.335 e. The molecule has 0 saturated carbocycles.